The van der Waals surface area contributed by atoms with E-state index in [2.05, 4.69) is 47.7 Å². The van der Waals surface area contributed by atoms with E-state index in [-0.39, 0.29) is 0 Å². The number of rotatable bonds is 8. The summed E-state index contributed by atoms with van der Waals surface area (Å²) in [4.78, 5) is 3.30. The zero-order valence-electron chi connectivity index (χ0n) is 11.7. The van der Waals surface area contributed by atoms with Gasteiger partial charge in [0.2, 0.25) is 0 Å². The molecular weight excluding hydrogens is 236 g/mol. The van der Waals surface area contributed by atoms with Crippen molar-refractivity contribution < 1.29 is 5.11 Å². The van der Waals surface area contributed by atoms with Crippen LogP contribution < -0.4 is 5.32 Å². The number of para-hydroxylation sites is 1. The molecule has 3 N–H and O–H groups in total. The molecule has 0 aliphatic carbocycles. The highest BCUT2D eigenvalue weighted by atomic mass is 16.3. The molecule has 3 nitrogen and oxygen atoms in total. The molecule has 2 rings (SSSR count). The number of benzene rings is 1. The van der Waals surface area contributed by atoms with Crippen molar-refractivity contribution in [1.29, 1.82) is 0 Å². The molecule has 0 aliphatic rings. The summed E-state index contributed by atoms with van der Waals surface area (Å²) in [5.74, 6) is 0.584. The predicted octanol–water partition coefficient (Wildman–Crippen LogP) is 3.06. The van der Waals surface area contributed by atoms with Gasteiger partial charge in [-0.15, -0.1) is 0 Å². The van der Waals surface area contributed by atoms with E-state index in [1.807, 2.05) is 0 Å². The number of nitrogens with one attached hydrogen (secondary N) is 2. The summed E-state index contributed by atoms with van der Waals surface area (Å²) >= 11 is 0. The van der Waals surface area contributed by atoms with E-state index in [0.29, 0.717) is 12.5 Å². The Morgan fingerprint density at radius 1 is 1.26 bits per heavy atom. The summed E-state index contributed by atoms with van der Waals surface area (Å²) in [6.45, 7) is 4.35. The lowest BCUT2D eigenvalue weighted by atomic mass is 10.0. The fourth-order valence-corrected chi connectivity index (χ4v) is 2.63. The van der Waals surface area contributed by atoms with Crippen molar-refractivity contribution in [2.24, 2.45) is 5.92 Å². The van der Waals surface area contributed by atoms with Gasteiger partial charge in [0.25, 0.3) is 0 Å². The van der Waals surface area contributed by atoms with Gasteiger partial charge < -0.3 is 15.4 Å². The summed E-state index contributed by atoms with van der Waals surface area (Å²) < 4.78 is 0. The molecule has 1 unspecified atom stereocenters. The predicted molar refractivity (Wildman–Crippen MR) is 80.1 cm³/mol. The van der Waals surface area contributed by atoms with Crippen LogP contribution in [0.1, 0.15) is 31.7 Å². The van der Waals surface area contributed by atoms with Crippen LogP contribution in [-0.4, -0.2) is 23.2 Å². The van der Waals surface area contributed by atoms with Gasteiger partial charge >= 0.3 is 0 Å². The van der Waals surface area contributed by atoms with Crippen LogP contribution in [0.5, 0.6) is 0 Å². The Kier molecular flexibility index (Phi) is 5.43. The third kappa shape index (κ3) is 3.82. The molecule has 1 aromatic heterocycles. The quantitative estimate of drug-likeness (QED) is 0.683. The van der Waals surface area contributed by atoms with Gasteiger partial charge in [-0.2, -0.15) is 0 Å². The first-order valence-corrected chi connectivity index (χ1v) is 7.21. The first-order valence-electron chi connectivity index (χ1n) is 7.21. The van der Waals surface area contributed by atoms with Crippen molar-refractivity contribution in [3.8, 4) is 0 Å². The highest BCUT2D eigenvalue weighted by molar-refractivity contribution is 5.82. The van der Waals surface area contributed by atoms with Gasteiger partial charge in [-0.05, 0) is 36.9 Å². The van der Waals surface area contributed by atoms with E-state index < -0.39 is 0 Å². The first kappa shape index (κ1) is 14.1. The third-order valence-electron chi connectivity index (χ3n) is 3.66. The molecule has 0 aliphatic heterocycles. The van der Waals surface area contributed by atoms with Crippen LogP contribution in [0.2, 0.25) is 0 Å². The molecule has 0 amide bonds. The Bertz CT molecular complexity index is 486. The minimum absolute atomic E-state index is 0.291. The topological polar surface area (TPSA) is 48.0 Å². The van der Waals surface area contributed by atoms with Crippen molar-refractivity contribution >= 4 is 10.9 Å². The fraction of sp³-hybridized carbons (Fsp3) is 0.500. The van der Waals surface area contributed by atoms with Gasteiger partial charge in [-0.1, -0.05) is 31.5 Å². The zero-order chi connectivity index (χ0) is 13.5. The van der Waals surface area contributed by atoms with Crippen LogP contribution in [0.15, 0.2) is 30.5 Å². The minimum Gasteiger partial charge on any atom is -0.396 e. The van der Waals surface area contributed by atoms with Crippen LogP contribution in [0.3, 0.4) is 0 Å². The normalized spacial score (nSPS) is 12.9. The van der Waals surface area contributed by atoms with Crippen molar-refractivity contribution in [3.63, 3.8) is 0 Å². The van der Waals surface area contributed by atoms with Crippen molar-refractivity contribution in [2.45, 2.75) is 32.7 Å². The molecule has 2 aromatic rings. The molecule has 3 heteroatoms. The average molecular weight is 260 g/mol. The Morgan fingerprint density at radius 3 is 2.89 bits per heavy atom. The van der Waals surface area contributed by atoms with Crippen LogP contribution in [0.4, 0.5) is 0 Å². The number of aromatic amines is 1. The highest BCUT2D eigenvalue weighted by Gasteiger charge is 2.07. The number of hydrogen-bond acceptors (Lipinski definition) is 2. The molecule has 0 fully saturated rings. The standard InChI is InChI=1S/C16H24N2O/c1-2-5-13(8-9-19)10-17-11-14-12-18-16-7-4-3-6-15(14)16/h3-4,6-7,12-13,17-19H,2,5,8-11H2,1H3. The summed E-state index contributed by atoms with van der Waals surface area (Å²) in [7, 11) is 0. The van der Waals surface area contributed by atoms with Gasteiger partial charge in [0, 0.05) is 30.3 Å². The van der Waals surface area contributed by atoms with Crippen LogP contribution in [0, 0.1) is 5.92 Å². The second kappa shape index (κ2) is 7.31. The average Bonchev–Trinajstić information content (AvgIpc) is 2.83. The molecule has 19 heavy (non-hydrogen) atoms. The molecule has 104 valence electrons. The lowest BCUT2D eigenvalue weighted by molar-refractivity contribution is 0.248. The van der Waals surface area contributed by atoms with Crippen LogP contribution in [-0.2, 0) is 6.54 Å². The van der Waals surface area contributed by atoms with Crippen molar-refractivity contribution in [3.05, 3.63) is 36.0 Å². The van der Waals surface area contributed by atoms with Crippen molar-refractivity contribution in [1.82, 2.24) is 10.3 Å². The SMILES string of the molecule is CCCC(CCO)CNCc1c[nH]c2ccccc12. The van der Waals surface area contributed by atoms with E-state index in [0.717, 1.165) is 19.5 Å². The number of hydrogen-bond donors (Lipinski definition) is 3. The maximum atomic E-state index is 9.06. The maximum Gasteiger partial charge on any atom is 0.0457 e. The van der Waals surface area contributed by atoms with Crippen LogP contribution >= 0.6 is 0 Å². The molecular formula is C16H24N2O. The lowest BCUT2D eigenvalue weighted by Crippen LogP contribution is -2.23. The molecule has 0 spiro atoms. The van der Waals surface area contributed by atoms with Gasteiger partial charge in [0.15, 0.2) is 0 Å². The second-order valence-electron chi connectivity index (χ2n) is 5.16. The number of aliphatic hydroxyl groups is 1. The Hall–Kier alpha value is -1.32. The summed E-state index contributed by atoms with van der Waals surface area (Å²) in [5, 5.41) is 13.9. The van der Waals surface area contributed by atoms with E-state index in [1.54, 1.807) is 0 Å². The fourth-order valence-electron chi connectivity index (χ4n) is 2.63. The summed E-state index contributed by atoms with van der Waals surface area (Å²) in [6, 6.07) is 8.38. The minimum atomic E-state index is 0.291. The zero-order valence-corrected chi connectivity index (χ0v) is 11.7. The third-order valence-corrected chi connectivity index (χ3v) is 3.66. The Labute approximate surface area is 115 Å². The van der Waals surface area contributed by atoms with Gasteiger partial charge in [-0.25, -0.2) is 0 Å². The smallest absolute Gasteiger partial charge is 0.0457 e. The molecule has 1 aromatic carbocycles. The van der Waals surface area contributed by atoms with E-state index in [1.165, 1.54) is 29.3 Å². The summed E-state index contributed by atoms with van der Waals surface area (Å²) in [6.07, 6.45) is 5.34. The van der Waals surface area contributed by atoms with E-state index in [9.17, 15) is 0 Å². The molecule has 0 radical (unpaired) electrons. The van der Waals surface area contributed by atoms with Crippen LogP contribution in [0.25, 0.3) is 10.9 Å². The van der Waals surface area contributed by atoms with E-state index in [4.69, 9.17) is 5.11 Å². The second-order valence-corrected chi connectivity index (χ2v) is 5.16. The molecule has 0 saturated carbocycles. The lowest BCUT2D eigenvalue weighted by Gasteiger charge is -2.15. The number of aliphatic hydroxyl groups excluding tert-OH is 1. The molecule has 1 heterocycles. The van der Waals surface area contributed by atoms with Crippen molar-refractivity contribution in [2.75, 3.05) is 13.2 Å². The Balaban J connectivity index is 1.88. The maximum absolute atomic E-state index is 9.06. The number of fused-ring (bicyclic) bond motifs is 1. The largest absolute Gasteiger partial charge is 0.396 e. The summed E-state index contributed by atoms with van der Waals surface area (Å²) in [5.41, 5.74) is 2.51. The monoisotopic (exact) mass is 260 g/mol. The Morgan fingerprint density at radius 2 is 2.11 bits per heavy atom. The molecule has 0 saturated heterocycles. The number of aromatic nitrogens is 1. The molecule has 1 atom stereocenters. The number of H-pyrrole nitrogens is 1. The van der Waals surface area contributed by atoms with Gasteiger partial charge in [0.1, 0.15) is 0 Å². The van der Waals surface area contributed by atoms with Gasteiger partial charge in [0.05, 0.1) is 0 Å². The molecule has 0 bridgehead atoms. The van der Waals surface area contributed by atoms with Gasteiger partial charge in [-0.3, -0.25) is 0 Å². The van der Waals surface area contributed by atoms with E-state index >= 15 is 0 Å². The first-order chi connectivity index (χ1) is 9.35. The highest BCUT2D eigenvalue weighted by Crippen LogP contribution is 2.17.